The molecule has 74 valence electrons. The Morgan fingerprint density at radius 1 is 1.00 bits per heavy atom. The van der Waals surface area contributed by atoms with E-state index >= 15 is 0 Å². The maximum absolute atomic E-state index is 12.6. The van der Waals surface area contributed by atoms with Crippen LogP contribution in [-0.2, 0) is 4.74 Å². The number of hydrogen-bond acceptors (Lipinski definition) is 1. The van der Waals surface area contributed by atoms with Crippen molar-refractivity contribution in [1.29, 1.82) is 0 Å². The Kier molecular flexibility index (Phi) is 2.58. The van der Waals surface area contributed by atoms with Crippen LogP contribution < -0.4 is 0 Å². The molecule has 13 heavy (non-hydrogen) atoms. The quantitative estimate of drug-likeness (QED) is 0.591. The Morgan fingerprint density at radius 3 is 1.92 bits per heavy atom. The summed E-state index contributed by atoms with van der Waals surface area (Å²) in [6, 6.07) is 0. The first-order chi connectivity index (χ1) is 6.00. The molecule has 0 saturated carbocycles. The van der Waals surface area contributed by atoms with Gasteiger partial charge in [0, 0.05) is 0 Å². The lowest BCUT2D eigenvalue weighted by Crippen LogP contribution is -2.25. The highest BCUT2D eigenvalue weighted by molar-refractivity contribution is 5.35. The molecule has 1 aliphatic rings. The van der Waals surface area contributed by atoms with Crippen LogP contribution in [0.25, 0.3) is 0 Å². The van der Waals surface area contributed by atoms with Crippen LogP contribution in [0.1, 0.15) is 0 Å². The Hall–Kier alpha value is -1.07. The first-order valence-corrected chi connectivity index (χ1v) is 3.28. The van der Waals surface area contributed by atoms with Gasteiger partial charge in [0.2, 0.25) is 5.83 Å². The first-order valence-electron chi connectivity index (χ1n) is 3.28. The number of alkyl halides is 2. The molecule has 0 saturated heterocycles. The van der Waals surface area contributed by atoms with Crippen LogP contribution in [0.5, 0.6) is 0 Å². The van der Waals surface area contributed by atoms with Crippen molar-refractivity contribution in [3.05, 3.63) is 23.2 Å². The van der Waals surface area contributed by atoms with Gasteiger partial charge in [0.05, 0.1) is 7.11 Å². The van der Waals surface area contributed by atoms with Gasteiger partial charge in [0.1, 0.15) is 0 Å². The van der Waals surface area contributed by atoms with Crippen LogP contribution in [0.2, 0.25) is 0 Å². The highest BCUT2D eigenvalue weighted by Crippen LogP contribution is 2.36. The van der Waals surface area contributed by atoms with Crippen molar-refractivity contribution >= 4 is 0 Å². The lowest BCUT2D eigenvalue weighted by molar-refractivity contribution is 0.141. The zero-order valence-corrected chi connectivity index (χ0v) is 6.45. The van der Waals surface area contributed by atoms with E-state index in [0.29, 0.717) is 0 Å². The summed E-state index contributed by atoms with van der Waals surface area (Å²) in [6.45, 7) is 0. The van der Waals surface area contributed by atoms with E-state index in [2.05, 4.69) is 4.74 Å². The monoisotopic (exact) mass is 200 g/mol. The fourth-order valence-corrected chi connectivity index (χ4v) is 0.904. The lowest BCUT2D eigenvalue weighted by Gasteiger charge is -2.18. The first kappa shape index (κ1) is 10.0. The van der Waals surface area contributed by atoms with Crippen LogP contribution in [-0.4, -0.2) is 19.5 Å². The third-order valence-corrected chi connectivity index (χ3v) is 1.57. The molecule has 2 atom stereocenters. The number of methoxy groups -OCH3 is 1. The standard InChI is InChI=1S/C7H5F5O/c1-13-7-5(11)3(9)2(8)4(10)6(7)12/h2-3H,1H3. The minimum atomic E-state index is -2.93. The van der Waals surface area contributed by atoms with E-state index in [1.165, 1.54) is 0 Å². The third kappa shape index (κ3) is 1.40. The van der Waals surface area contributed by atoms with Crippen LogP contribution in [0.15, 0.2) is 23.2 Å². The zero-order chi connectivity index (χ0) is 10.2. The van der Waals surface area contributed by atoms with Crippen molar-refractivity contribution < 1.29 is 26.7 Å². The van der Waals surface area contributed by atoms with Crippen molar-refractivity contribution in [3.8, 4) is 0 Å². The smallest absolute Gasteiger partial charge is 0.202 e. The second-order valence-corrected chi connectivity index (χ2v) is 2.35. The van der Waals surface area contributed by atoms with E-state index in [1.807, 2.05) is 0 Å². The van der Waals surface area contributed by atoms with E-state index in [0.717, 1.165) is 7.11 Å². The minimum absolute atomic E-state index is 0.826. The summed E-state index contributed by atoms with van der Waals surface area (Å²) < 4.78 is 66.6. The van der Waals surface area contributed by atoms with Gasteiger partial charge in [0.25, 0.3) is 0 Å². The molecule has 0 N–H and O–H groups in total. The Labute approximate surface area is 70.5 Å². The fraction of sp³-hybridized carbons (Fsp3) is 0.429. The van der Waals surface area contributed by atoms with Crippen molar-refractivity contribution in [3.63, 3.8) is 0 Å². The predicted molar refractivity (Wildman–Crippen MR) is 34.2 cm³/mol. The summed E-state index contributed by atoms with van der Waals surface area (Å²) >= 11 is 0. The van der Waals surface area contributed by atoms with Crippen molar-refractivity contribution in [1.82, 2.24) is 0 Å². The number of halogens is 5. The van der Waals surface area contributed by atoms with Crippen molar-refractivity contribution in [2.45, 2.75) is 12.3 Å². The molecule has 0 aromatic carbocycles. The van der Waals surface area contributed by atoms with Gasteiger partial charge in [-0.25, -0.2) is 17.6 Å². The average Bonchev–Trinajstić information content (AvgIpc) is 2.13. The molecular weight excluding hydrogens is 195 g/mol. The van der Waals surface area contributed by atoms with Gasteiger partial charge in [-0.05, 0) is 0 Å². The lowest BCUT2D eigenvalue weighted by atomic mass is 10.1. The minimum Gasteiger partial charge on any atom is -0.491 e. The highest BCUT2D eigenvalue weighted by Gasteiger charge is 2.40. The number of hydrogen-bond donors (Lipinski definition) is 0. The Balaban J connectivity index is 3.19. The summed E-state index contributed by atoms with van der Waals surface area (Å²) in [5.74, 6) is -6.81. The number of ether oxygens (including phenoxy) is 1. The zero-order valence-electron chi connectivity index (χ0n) is 6.45. The van der Waals surface area contributed by atoms with Crippen LogP contribution in [0.4, 0.5) is 22.0 Å². The van der Waals surface area contributed by atoms with Gasteiger partial charge < -0.3 is 4.74 Å². The molecule has 0 heterocycles. The van der Waals surface area contributed by atoms with Gasteiger partial charge >= 0.3 is 0 Å². The second-order valence-electron chi connectivity index (χ2n) is 2.35. The van der Waals surface area contributed by atoms with Crippen LogP contribution in [0, 0.1) is 0 Å². The summed E-state index contributed by atoms with van der Waals surface area (Å²) in [7, 11) is 0.826. The largest absolute Gasteiger partial charge is 0.491 e. The molecule has 1 aliphatic carbocycles. The van der Waals surface area contributed by atoms with Crippen molar-refractivity contribution in [2.75, 3.05) is 7.11 Å². The molecule has 0 bridgehead atoms. The van der Waals surface area contributed by atoms with E-state index in [1.54, 1.807) is 0 Å². The topological polar surface area (TPSA) is 9.23 Å². The molecule has 0 fully saturated rings. The summed E-state index contributed by atoms with van der Waals surface area (Å²) in [5, 5.41) is 0. The normalized spacial score (nSPS) is 29.7. The summed E-state index contributed by atoms with van der Waals surface area (Å²) in [4.78, 5) is 0. The summed E-state index contributed by atoms with van der Waals surface area (Å²) in [6.07, 6.45) is -5.77. The van der Waals surface area contributed by atoms with Gasteiger partial charge in [-0.15, -0.1) is 0 Å². The van der Waals surface area contributed by atoms with Crippen LogP contribution >= 0.6 is 0 Å². The number of allylic oxidation sites excluding steroid dienone is 3. The third-order valence-electron chi connectivity index (χ3n) is 1.57. The molecule has 0 aromatic heterocycles. The van der Waals surface area contributed by atoms with Gasteiger partial charge in [-0.2, -0.15) is 4.39 Å². The molecular formula is C7H5F5O. The number of rotatable bonds is 1. The highest BCUT2D eigenvalue weighted by atomic mass is 19.2. The maximum Gasteiger partial charge on any atom is 0.202 e. The fourth-order valence-electron chi connectivity index (χ4n) is 0.904. The average molecular weight is 200 g/mol. The maximum atomic E-state index is 12.6. The SMILES string of the molecule is COC1=C(F)C(F)C(F)C(F)=C1F. The molecule has 1 rings (SSSR count). The van der Waals surface area contributed by atoms with Gasteiger partial charge in [-0.1, -0.05) is 0 Å². The second kappa shape index (κ2) is 3.35. The van der Waals surface area contributed by atoms with E-state index in [9.17, 15) is 22.0 Å². The van der Waals surface area contributed by atoms with Gasteiger partial charge in [0.15, 0.2) is 29.8 Å². The van der Waals surface area contributed by atoms with Crippen LogP contribution in [0.3, 0.4) is 0 Å². The van der Waals surface area contributed by atoms with E-state index in [4.69, 9.17) is 0 Å². The molecule has 0 spiro atoms. The molecule has 6 heteroatoms. The molecule has 0 amide bonds. The molecule has 0 aromatic rings. The van der Waals surface area contributed by atoms with Crippen molar-refractivity contribution in [2.24, 2.45) is 0 Å². The molecule has 0 aliphatic heterocycles. The molecule has 2 unspecified atom stereocenters. The predicted octanol–water partition coefficient (Wildman–Crippen LogP) is 2.65. The summed E-state index contributed by atoms with van der Waals surface area (Å²) in [5.41, 5.74) is 0. The molecule has 0 radical (unpaired) electrons. The Morgan fingerprint density at radius 2 is 1.46 bits per heavy atom. The van der Waals surface area contributed by atoms with Gasteiger partial charge in [-0.3, -0.25) is 0 Å². The molecule has 1 nitrogen and oxygen atoms in total. The van der Waals surface area contributed by atoms with E-state index < -0.39 is 35.6 Å². The Bertz CT molecular complexity index is 283. The van der Waals surface area contributed by atoms with E-state index in [-0.39, 0.29) is 0 Å².